The summed E-state index contributed by atoms with van der Waals surface area (Å²) >= 11 is 0. The summed E-state index contributed by atoms with van der Waals surface area (Å²) in [6, 6.07) is -0.0767. The average molecular weight is 256 g/mol. The van der Waals surface area contributed by atoms with Crippen molar-refractivity contribution in [1.29, 1.82) is 0 Å². The smallest absolute Gasteiger partial charge is 0.238 e. The van der Waals surface area contributed by atoms with E-state index in [1.54, 1.807) is 19.0 Å². The third-order valence-corrected chi connectivity index (χ3v) is 3.41. The lowest BCUT2D eigenvalue weighted by Gasteiger charge is -2.35. The average Bonchev–Trinajstić information content (AvgIpc) is 2.37. The van der Waals surface area contributed by atoms with Gasteiger partial charge in [-0.3, -0.25) is 14.5 Å². The van der Waals surface area contributed by atoms with Crippen LogP contribution < -0.4 is 10.6 Å². The number of hydrogen-bond donors (Lipinski definition) is 2. The quantitative estimate of drug-likeness (QED) is 0.668. The van der Waals surface area contributed by atoms with Crippen molar-refractivity contribution in [2.45, 2.75) is 25.9 Å². The van der Waals surface area contributed by atoms with Crippen molar-refractivity contribution in [2.24, 2.45) is 0 Å². The third-order valence-electron chi connectivity index (χ3n) is 3.41. The summed E-state index contributed by atoms with van der Waals surface area (Å²) < 4.78 is 0. The van der Waals surface area contributed by atoms with Crippen LogP contribution in [0.5, 0.6) is 0 Å². The summed E-state index contributed by atoms with van der Waals surface area (Å²) in [4.78, 5) is 27.4. The van der Waals surface area contributed by atoms with Crippen molar-refractivity contribution in [1.82, 2.24) is 20.4 Å². The highest BCUT2D eigenvalue weighted by molar-refractivity contribution is 5.83. The van der Waals surface area contributed by atoms with Gasteiger partial charge < -0.3 is 15.5 Å². The van der Waals surface area contributed by atoms with Gasteiger partial charge in [-0.25, -0.2) is 0 Å². The first kappa shape index (κ1) is 14.9. The van der Waals surface area contributed by atoms with Gasteiger partial charge in [0.15, 0.2) is 0 Å². The highest BCUT2D eigenvalue weighted by Crippen LogP contribution is 2.05. The number of carbonyl (C=O) groups is 2. The topological polar surface area (TPSA) is 64.7 Å². The van der Waals surface area contributed by atoms with E-state index in [4.69, 9.17) is 0 Å². The minimum absolute atomic E-state index is 0.0396. The summed E-state index contributed by atoms with van der Waals surface area (Å²) in [6.07, 6.45) is 0. The van der Waals surface area contributed by atoms with Gasteiger partial charge in [-0.1, -0.05) is 0 Å². The van der Waals surface area contributed by atoms with Gasteiger partial charge in [0.1, 0.15) is 6.04 Å². The van der Waals surface area contributed by atoms with Gasteiger partial charge in [0, 0.05) is 39.8 Å². The van der Waals surface area contributed by atoms with Crippen LogP contribution in [0.4, 0.5) is 0 Å². The van der Waals surface area contributed by atoms with E-state index in [9.17, 15) is 9.59 Å². The van der Waals surface area contributed by atoms with Gasteiger partial charge in [0.2, 0.25) is 11.8 Å². The van der Waals surface area contributed by atoms with Crippen molar-refractivity contribution < 1.29 is 9.59 Å². The van der Waals surface area contributed by atoms with Crippen LogP contribution in [0.15, 0.2) is 0 Å². The molecule has 1 heterocycles. The second-order valence-corrected chi connectivity index (χ2v) is 4.90. The van der Waals surface area contributed by atoms with Gasteiger partial charge in [-0.15, -0.1) is 0 Å². The molecule has 6 nitrogen and oxygen atoms in total. The lowest BCUT2D eigenvalue weighted by molar-refractivity contribution is -0.135. The molecule has 1 atom stereocenters. The Morgan fingerprint density at radius 1 is 1.50 bits per heavy atom. The fourth-order valence-electron chi connectivity index (χ4n) is 1.93. The molecule has 0 aromatic carbocycles. The summed E-state index contributed by atoms with van der Waals surface area (Å²) in [5.74, 6) is 0.0167. The molecule has 0 bridgehead atoms. The zero-order valence-electron chi connectivity index (χ0n) is 11.7. The molecule has 2 amide bonds. The Morgan fingerprint density at radius 3 is 2.72 bits per heavy atom. The maximum atomic E-state index is 12.0. The summed E-state index contributed by atoms with van der Waals surface area (Å²) in [5.41, 5.74) is 0. The van der Waals surface area contributed by atoms with E-state index in [0.717, 1.165) is 13.1 Å². The Kier molecular flexibility index (Phi) is 5.55. The standard InChI is InChI=1S/C12H24N4O2/c1-9(2)15(4)11(17)8-16-6-5-14-7-10(16)12(18)13-3/h9-10,14H,5-8H2,1-4H3,(H,13,18). The summed E-state index contributed by atoms with van der Waals surface area (Å²) in [5, 5.41) is 5.82. The minimum atomic E-state index is -0.256. The lowest BCUT2D eigenvalue weighted by atomic mass is 10.1. The molecule has 1 rings (SSSR count). The van der Waals surface area contributed by atoms with Gasteiger partial charge in [-0.05, 0) is 13.8 Å². The first-order valence-electron chi connectivity index (χ1n) is 6.39. The van der Waals surface area contributed by atoms with E-state index in [0.29, 0.717) is 13.1 Å². The van der Waals surface area contributed by atoms with E-state index >= 15 is 0 Å². The second-order valence-electron chi connectivity index (χ2n) is 4.90. The number of carbonyl (C=O) groups excluding carboxylic acids is 2. The molecule has 0 saturated carbocycles. The molecule has 0 spiro atoms. The van der Waals surface area contributed by atoms with E-state index in [1.165, 1.54) is 0 Å². The molecule has 18 heavy (non-hydrogen) atoms. The largest absolute Gasteiger partial charge is 0.358 e. The molecule has 1 saturated heterocycles. The highest BCUT2D eigenvalue weighted by atomic mass is 16.2. The van der Waals surface area contributed by atoms with Crippen molar-refractivity contribution >= 4 is 11.8 Å². The Morgan fingerprint density at radius 2 is 2.17 bits per heavy atom. The van der Waals surface area contributed by atoms with Crippen LogP contribution in [0.25, 0.3) is 0 Å². The zero-order valence-corrected chi connectivity index (χ0v) is 11.7. The Labute approximate surface area is 109 Å². The predicted molar refractivity (Wildman–Crippen MR) is 70.2 cm³/mol. The molecule has 2 N–H and O–H groups in total. The number of likely N-dealkylation sites (N-methyl/N-ethyl adjacent to an activating group) is 2. The van der Waals surface area contributed by atoms with Crippen LogP contribution in [0.3, 0.4) is 0 Å². The first-order chi connectivity index (χ1) is 8.47. The number of nitrogens with zero attached hydrogens (tertiary/aromatic N) is 2. The third kappa shape index (κ3) is 3.68. The van der Waals surface area contributed by atoms with Crippen LogP contribution in [-0.4, -0.2) is 74.0 Å². The predicted octanol–water partition coefficient (Wildman–Crippen LogP) is -1.13. The van der Waals surface area contributed by atoms with Crippen LogP contribution in [0.2, 0.25) is 0 Å². The van der Waals surface area contributed by atoms with Crippen molar-refractivity contribution in [3.8, 4) is 0 Å². The van der Waals surface area contributed by atoms with Gasteiger partial charge in [0.25, 0.3) is 0 Å². The van der Waals surface area contributed by atoms with Crippen molar-refractivity contribution in [3.05, 3.63) is 0 Å². The monoisotopic (exact) mass is 256 g/mol. The number of rotatable bonds is 4. The Bertz CT molecular complexity index is 306. The molecule has 0 aliphatic carbocycles. The molecular weight excluding hydrogens is 232 g/mol. The Balaban J connectivity index is 2.62. The van der Waals surface area contributed by atoms with E-state index < -0.39 is 0 Å². The van der Waals surface area contributed by atoms with Crippen LogP contribution >= 0.6 is 0 Å². The van der Waals surface area contributed by atoms with Crippen LogP contribution in [-0.2, 0) is 9.59 Å². The fraction of sp³-hybridized carbons (Fsp3) is 0.833. The molecule has 0 aromatic rings. The second kappa shape index (κ2) is 6.70. The molecule has 6 heteroatoms. The summed E-state index contributed by atoms with van der Waals surface area (Å²) in [7, 11) is 3.42. The molecular formula is C12H24N4O2. The number of amides is 2. The Hall–Kier alpha value is -1.14. The molecule has 1 aliphatic heterocycles. The van der Waals surface area contributed by atoms with Gasteiger partial charge >= 0.3 is 0 Å². The fourth-order valence-corrected chi connectivity index (χ4v) is 1.93. The molecule has 104 valence electrons. The van der Waals surface area contributed by atoms with E-state index in [-0.39, 0.29) is 23.9 Å². The lowest BCUT2D eigenvalue weighted by Crippen LogP contribution is -2.59. The van der Waals surface area contributed by atoms with Crippen LogP contribution in [0.1, 0.15) is 13.8 Å². The van der Waals surface area contributed by atoms with E-state index in [1.807, 2.05) is 18.7 Å². The van der Waals surface area contributed by atoms with Gasteiger partial charge in [0.05, 0.1) is 6.54 Å². The first-order valence-corrected chi connectivity index (χ1v) is 6.39. The van der Waals surface area contributed by atoms with Crippen LogP contribution in [0, 0.1) is 0 Å². The maximum Gasteiger partial charge on any atom is 0.238 e. The molecule has 0 aromatic heterocycles. The molecule has 0 radical (unpaired) electrons. The van der Waals surface area contributed by atoms with Crippen molar-refractivity contribution in [3.63, 3.8) is 0 Å². The number of nitrogens with one attached hydrogen (secondary N) is 2. The zero-order chi connectivity index (χ0) is 13.7. The van der Waals surface area contributed by atoms with E-state index in [2.05, 4.69) is 10.6 Å². The normalized spacial score (nSPS) is 20.8. The molecule has 1 fully saturated rings. The number of hydrogen-bond acceptors (Lipinski definition) is 4. The maximum absolute atomic E-state index is 12.0. The number of piperazine rings is 1. The molecule has 1 aliphatic rings. The minimum Gasteiger partial charge on any atom is -0.358 e. The summed E-state index contributed by atoms with van der Waals surface area (Å²) in [6.45, 7) is 6.38. The molecule has 1 unspecified atom stereocenters. The van der Waals surface area contributed by atoms with Crippen molar-refractivity contribution in [2.75, 3.05) is 40.3 Å². The van der Waals surface area contributed by atoms with Gasteiger partial charge in [-0.2, -0.15) is 0 Å². The highest BCUT2D eigenvalue weighted by Gasteiger charge is 2.30. The SMILES string of the molecule is CNC(=O)C1CNCCN1CC(=O)N(C)C(C)C.